The molecular weight excluding hydrogens is 406 g/mol. The highest BCUT2D eigenvalue weighted by molar-refractivity contribution is 7.07. The summed E-state index contributed by atoms with van der Waals surface area (Å²) in [5.41, 5.74) is 2.82. The van der Waals surface area contributed by atoms with Crippen molar-refractivity contribution in [1.29, 1.82) is 0 Å². The molecule has 0 spiro atoms. The van der Waals surface area contributed by atoms with Gasteiger partial charge in [0.1, 0.15) is 5.82 Å². The maximum absolute atomic E-state index is 12.8. The van der Waals surface area contributed by atoms with Gasteiger partial charge in [-0.05, 0) is 61.2 Å². The fourth-order valence-corrected chi connectivity index (χ4v) is 6.03. The third-order valence-electron chi connectivity index (χ3n) is 6.84. The molecule has 2 aliphatic rings. The molecule has 7 heteroatoms. The number of carbonyl (C=O) groups is 1. The van der Waals surface area contributed by atoms with Crippen LogP contribution in [0.4, 0.5) is 0 Å². The van der Waals surface area contributed by atoms with Crippen LogP contribution in [-0.2, 0) is 24.9 Å². The molecule has 2 aliphatic heterocycles. The lowest BCUT2D eigenvalue weighted by Crippen LogP contribution is -2.45. The molecule has 0 saturated carbocycles. The van der Waals surface area contributed by atoms with E-state index in [1.54, 1.807) is 11.3 Å². The van der Waals surface area contributed by atoms with Gasteiger partial charge < -0.3 is 9.88 Å². The summed E-state index contributed by atoms with van der Waals surface area (Å²) in [5, 5.41) is 16.1. The van der Waals surface area contributed by atoms with Crippen LogP contribution in [0.15, 0.2) is 47.2 Å². The monoisotopic (exact) mass is 435 g/mol. The normalized spacial score (nSPS) is 23.4. The van der Waals surface area contributed by atoms with Crippen LogP contribution in [0.25, 0.3) is 0 Å². The zero-order valence-corrected chi connectivity index (χ0v) is 18.9. The van der Waals surface area contributed by atoms with Gasteiger partial charge in [-0.3, -0.25) is 9.69 Å². The Labute approximate surface area is 187 Å². The van der Waals surface area contributed by atoms with Crippen molar-refractivity contribution in [2.45, 2.75) is 63.7 Å². The number of rotatable bonds is 5. The quantitative estimate of drug-likeness (QED) is 0.665. The third kappa shape index (κ3) is 3.70. The molecule has 31 heavy (non-hydrogen) atoms. The molecule has 0 unspecified atom stereocenters. The lowest BCUT2D eigenvalue weighted by atomic mass is 9.71. The average molecular weight is 436 g/mol. The molecule has 2 atom stereocenters. The van der Waals surface area contributed by atoms with Crippen molar-refractivity contribution in [1.82, 2.24) is 25.0 Å². The van der Waals surface area contributed by atoms with E-state index in [1.165, 1.54) is 11.1 Å². The number of nitrogens with one attached hydrogen (secondary N) is 1. The minimum atomic E-state index is -0.136. The number of nitrogens with zero attached hydrogens (tertiary/aromatic N) is 4. The standard InChI is InChI=1S/C24H29N5OS/c1-17(2)25-23(30)22-27-26-21-8-10-24(19-6-4-3-5-7-19)11-12-28(20(24)15-29(21)22)14-18-9-13-31-16-18/h3-7,9,13,16-17,20H,8,10-12,14-15H2,1-2H3,(H,25,30)/t20-,24-/m0/s1. The van der Waals surface area contributed by atoms with E-state index in [-0.39, 0.29) is 23.4 Å². The van der Waals surface area contributed by atoms with Crippen molar-refractivity contribution in [3.63, 3.8) is 0 Å². The number of thiophene rings is 1. The van der Waals surface area contributed by atoms with Gasteiger partial charge in [0.2, 0.25) is 5.82 Å². The molecule has 0 radical (unpaired) electrons. The largest absolute Gasteiger partial charge is 0.347 e. The van der Waals surface area contributed by atoms with Crippen LogP contribution in [-0.4, -0.2) is 44.2 Å². The maximum Gasteiger partial charge on any atom is 0.289 e. The molecule has 1 saturated heterocycles. The smallest absolute Gasteiger partial charge is 0.289 e. The molecule has 1 amide bonds. The van der Waals surface area contributed by atoms with E-state index in [9.17, 15) is 4.79 Å². The highest BCUT2D eigenvalue weighted by atomic mass is 32.1. The summed E-state index contributed by atoms with van der Waals surface area (Å²) in [6, 6.07) is 13.5. The van der Waals surface area contributed by atoms with Gasteiger partial charge >= 0.3 is 0 Å². The number of aromatic nitrogens is 3. The summed E-state index contributed by atoms with van der Waals surface area (Å²) < 4.78 is 2.08. The van der Waals surface area contributed by atoms with Crippen LogP contribution in [0, 0.1) is 0 Å². The van der Waals surface area contributed by atoms with Gasteiger partial charge in [0.25, 0.3) is 5.91 Å². The molecular formula is C24H29N5OS. The lowest BCUT2D eigenvalue weighted by Gasteiger charge is -2.38. The summed E-state index contributed by atoms with van der Waals surface area (Å²) in [7, 11) is 0. The Bertz CT molecular complexity index is 1050. The van der Waals surface area contributed by atoms with Crippen LogP contribution < -0.4 is 5.32 Å². The Morgan fingerprint density at radius 2 is 2.06 bits per heavy atom. The van der Waals surface area contributed by atoms with Crippen molar-refractivity contribution >= 4 is 17.2 Å². The zero-order valence-electron chi connectivity index (χ0n) is 18.1. The highest BCUT2D eigenvalue weighted by Crippen LogP contribution is 2.46. The second kappa shape index (κ2) is 8.20. The van der Waals surface area contributed by atoms with Gasteiger partial charge in [-0.15, -0.1) is 10.2 Å². The predicted octanol–water partition coefficient (Wildman–Crippen LogP) is 3.64. The number of fused-ring (bicyclic) bond motifs is 2. The first-order valence-corrected chi connectivity index (χ1v) is 12.0. The number of amides is 1. The zero-order chi connectivity index (χ0) is 21.4. The van der Waals surface area contributed by atoms with Crippen molar-refractivity contribution in [2.75, 3.05) is 6.54 Å². The summed E-state index contributed by atoms with van der Waals surface area (Å²) in [4.78, 5) is 15.4. The Kier molecular flexibility index (Phi) is 5.40. The van der Waals surface area contributed by atoms with Crippen LogP contribution in [0.3, 0.4) is 0 Å². The van der Waals surface area contributed by atoms with E-state index >= 15 is 0 Å². The molecule has 1 aromatic carbocycles. The molecule has 162 valence electrons. The Morgan fingerprint density at radius 3 is 2.81 bits per heavy atom. The van der Waals surface area contributed by atoms with Gasteiger partial charge in [0.05, 0.1) is 0 Å². The lowest BCUT2D eigenvalue weighted by molar-refractivity contribution is 0.0923. The molecule has 3 aromatic rings. The molecule has 6 nitrogen and oxygen atoms in total. The van der Waals surface area contributed by atoms with E-state index in [0.29, 0.717) is 5.82 Å². The van der Waals surface area contributed by atoms with Crippen molar-refractivity contribution < 1.29 is 4.79 Å². The first-order valence-electron chi connectivity index (χ1n) is 11.1. The molecule has 5 rings (SSSR count). The van der Waals surface area contributed by atoms with Crippen LogP contribution in [0.5, 0.6) is 0 Å². The van der Waals surface area contributed by atoms with Gasteiger partial charge in [-0.25, -0.2) is 0 Å². The fourth-order valence-electron chi connectivity index (χ4n) is 5.37. The van der Waals surface area contributed by atoms with Gasteiger partial charge in [-0.2, -0.15) is 11.3 Å². The summed E-state index contributed by atoms with van der Waals surface area (Å²) >= 11 is 1.75. The highest BCUT2D eigenvalue weighted by Gasteiger charge is 2.50. The Hall–Kier alpha value is -2.51. The number of benzene rings is 1. The van der Waals surface area contributed by atoms with E-state index in [4.69, 9.17) is 0 Å². The number of carbonyl (C=O) groups excluding carboxylic acids is 1. The Balaban J connectivity index is 1.54. The molecule has 1 fully saturated rings. The van der Waals surface area contributed by atoms with E-state index in [2.05, 4.69) is 72.1 Å². The van der Waals surface area contributed by atoms with Gasteiger partial charge in [-0.1, -0.05) is 30.3 Å². The van der Waals surface area contributed by atoms with E-state index < -0.39 is 0 Å². The molecule has 4 heterocycles. The SMILES string of the molecule is CC(C)NC(=O)c1nnc2n1C[C@@H]1N(Cc3ccsc3)CC[C@]1(c1ccccc1)CC2. The minimum absolute atomic E-state index is 0.0593. The predicted molar refractivity (Wildman–Crippen MR) is 122 cm³/mol. The van der Waals surface area contributed by atoms with Gasteiger partial charge in [0.15, 0.2) is 0 Å². The number of likely N-dealkylation sites (tertiary alicyclic amines) is 1. The summed E-state index contributed by atoms with van der Waals surface area (Å²) in [5.74, 6) is 1.23. The maximum atomic E-state index is 12.8. The van der Waals surface area contributed by atoms with Crippen LogP contribution in [0.2, 0.25) is 0 Å². The summed E-state index contributed by atoms with van der Waals surface area (Å²) in [6.07, 6.45) is 2.98. The topological polar surface area (TPSA) is 63.1 Å². The van der Waals surface area contributed by atoms with Crippen molar-refractivity contribution in [3.05, 3.63) is 69.9 Å². The average Bonchev–Trinajstić information content (AvgIpc) is 3.47. The first-order chi connectivity index (χ1) is 15.1. The number of aryl methyl sites for hydroxylation is 1. The third-order valence-corrected chi connectivity index (χ3v) is 7.57. The van der Waals surface area contributed by atoms with Crippen LogP contribution in [0.1, 0.15) is 54.3 Å². The molecule has 0 aliphatic carbocycles. The first kappa shape index (κ1) is 20.4. The van der Waals surface area contributed by atoms with Crippen molar-refractivity contribution in [2.24, 2.45) is 0 Å². The fraction of sp³-hybridized carbons (Fsp3) is 0.458. The molecule has 2 aromatic heterocycles. The second-order valence-electron chi connectivity index (χ2n) is 9.07. The van der Waals surface area contributed by atoms with Crippen LogP contribution >= 0.6 is 11.3 Å². The van der Waals surface area contributed by atoms with Gasteiger partial charge in [0, 0.05) is 37.0 Å². The molecule has 0 bridgehead atoms. The summed E-state index contributed by atoms with van der Waals surface area (Å²) in [6.45, 7) is 6.67. The van der Waals surface area contributed by atoms with E-state index in [1.807, 2.05) is 13.8 Å². The Morgan fingerprint density at radius 1 is 1.23 bits per heavy atom. The van der Waals surface area contributed by atoms with Crippen molar-refractivity contribution in [3.8, 4) is 0 Å². The molecule has 1 N–H and O–H groups in total. The minimum Gasteiger partial charge on any atom is -0.347 e. The number of hydrogen-bond acceptors (Lipinski definition) is 5. The van der Waals surface area contributed by atoms with E-state index in [0.717, 1.165) is 44.7 Å². The second-order valence-corrected chi connectivity index (χ2v) is 9.85. The number of hydrogen-bond donors (Lipinski definition) is 1.